The van der Waals surface area contributed by atoms with E-state index in [2.05, 4.69) is 22.2 Å². The minimum absolute atomic E-state index is 0.0715. The lowest BCUT2D eigenvalue weighted by Gasteiger charge is -2.19. The Hall–Kier alpha value is -3.74. The van der Waals surface area contributed by atoms with Gasteiger partial charge in [0, 0.05) is 13.6 Å². The van der Waals surface area contributed by atoms with Crippen molar-refractivity contribution >= 4 is 16.9 Å². The van der Waals surface area contributed by atoms with Gasteiger partial charge in [0.1, 0.15) is 18.3 Å². The van der Waals surface area contributed by atoms with E-state index in [4.69, 9.17) is 0 Å². The standard InChI is InChI=1S/C25H27N5O2/c1-16-6-7-20(19(4)9-16)13-28(5)23(31)14-29-15-26-24-22(25(29)32)12-27-30(24)21-10-17(2)8-18(3)11-21/h6-12,15H,13-14H2,1-5H3. The fourth-order valence-corrected chi connectivity index (χ4v) is 3.96. The second-order valence-corrected chi connectivity index (χ2v) is 8.50. The molecule has 0 saturated carbocycles. The summed E-state index contributed by atoms with van der Waals surface area (Å²) in [5.41, 5.74) is 6.68. The lowest BCUT2D eigenvalue weighted by atomic mass is 10.1. The van der Waals surface area contributed by atoms with Crippen molar-refractivity contribution in [1.82, 2.24) is 24.2 Å². The van der Waals surface area contributed by atoms with Crippen molar-refractivity contribution in [3.63, 3.8) is 0 Å². The van der Waals surface area contributed by atoms with Crippen molar-refractivity contribution < 1.29 is 4.79 Å². The number of benzene rings is 2. The maximum Gasteiger partial charge on any atom is 0.264 e. The molecule has 0 radical (unpaired) electrons. The van der Waals surface area contributed by atoms with Gasteiger partial charge in [-0.3, -0.25) is 14.2 Å². The number of carbonyl (C=O) groups is 1. The van der Waals surface area contributed by atoms with Crippen LogP contribution in [0.2, 0.25) is 0 Å². The van der Waals surface area contributed by atoms with Crippen molar-refractivity contribution in [2.24, 2.45) is 0 Å². The lowest BCUT2D eigenvalue weighted by molar-refractivity contribution is -0.131. The third kappa shape index (κ3) is 4.19. The van der Waals surface area contributed by atoms with E-state index in [1.54, 1.807) is 16.6 Å². The van der Waals surface area contributed by atoms with Crippen LogP contribution >= 0.6 is 0 Å². The van der Waals surface area contributed by atoms with Crippen LogP contribution in [0.15, 0.2) is 53.7 Å². The van der Waals surface area contributed by atoms with Gasteiger partial charge in [-0.15, -0.1) is 0 Å². The van der Waals surface area contributed by atoms with Gasteiger partial charge in [0.05, 0.1) is 11.9 Å². The van der Waals surface area contributed by atoms with Crippen LogP contribution in [0.5, 0.6) is 0 Å². The first-order chi connectivity index (χ1) is 15.2. The molecule has 2 aromatic carbocycles. The molecule has 7 nitrogen and oxygen atoms in total. The normalized spacial score (nSPS) is 11.2. The monoisotopic (exact) mass is 429 g/mol. The Kier molecular flexibility index (Phi) is 5.65. The summed E-state index contributed by atoms with van der Waals surface area (Å²) in [4.78, 5) is 31.9. The maximum absolute atomic E-state index is 13.0. The van der Waals surface area contributed by atoms with E-state index in [0.717, 1.165) is 27.9 Å². The number of hydrogen-bond donors (Lipinski definition) is 0. The molecule has 4 aromatic rings. The molecular formula is C25H27N5O2. The molecule has 0 aliphatic heterocycles. The number of likely N-dealkylation sites (N-methyl/N-ethyl adjacent to an activating group) is 1. The molecule has 0 atom stereocenters. The van der Waals surface area contributed by atoms with Gasteiger partial charge in [0.25, 0.3) is 5.56 Å². The summed E-state index contributed by atoms with van der Waals surface area (Å²) in [6, 6.07) is 12.3. The Bertz CT molecular complexity index is 1360. The molecule has 0 N–H and O–H groups in total. The summed E-state index contributed by atoms with van der Waals surface area (Å²) < 4.78 is 3.01. The smallest absolute Gasteiger partial charge is 0.264 e. The predicted molar refractivity (Wildman–Crippen MR) is 125 cm³/mol. The average molecular weight is 430 g/mol. The van der Waals surface area contributed by atoms with Crippen LogP contribution in [-0.4, -0.2) is 37.2 Å². The van der Waals surface area contributed by atoms with Gasteiger partial charge in [0.15, 0.2) is 5.65 Å². The summed E-state index contributed by atoms with van der Waals surface area (Å²) in [5.74, 6) is -0.157. The Balaban J connectivity index is 1.58. The molecule has 4 rings (SSSR count). The van der Waals surface area contributed by atoms with Crippen LogP contribution < -0.4 is 5.56 Å². The third-order valence-electron chi connectivity index (χ3n) is 5.64. The van der Waals surface area contributed by atoms with Crippen LogP contribution in [0.25, 0.3) is 16.7 Å². The fourth-order valence-electron chi connectivity index (χ4n) is 3.96. The number of aromatic nitrogens is 4. The Morgan fingerprint density at radius 3 is 2.41 bits per heavy atom. The summed E-state index contributed by atoms with van der Waals surface area (Å²) in [5, 5.41) is 4.77. The van der Waals surface area contributed by atoms with E-state index in [9.17, 15) is 9.59 Å². The molecule has 0 unspecified atom stereocenters. The average Bonchev–Trinajstić information content (AvgIpc) is 3.16. The molecule has 32 heavy (non-hydrogen) atoms. The first-order valence-electron chi connectivity index (χ1n) is 10.5. The number of amides is 1. The zero-order valence-corrected chi connectivity index (χ0v) is 19.1. The van der Waals surface area contributed by atoms with Gasteiger partial charge in [0.2, 0.25) is 5.91 Å². The first-order valence-corrected chi connectivity index (χ1v) is 10.5. The van der Waals surface area contributed by atoms with Crippen molar-refractivity contribution in [2.75, 3.05) is 7.05 Å². The second kappa shape index (κ2) is 8.42. The van der Waals surface area contributed by atoms with Gasteiger partial charge < -0.3 is 4.90 Å². The summed E-state index contributed by atoms with van der Waals surface area (Å²) in [6.07, 6.45) is 2.94. The molecule has 0 spiro atoms. The van der Waals surface area contributed by atoms with E-state index >= 15 is 0 Å². The molecule has 2 aromatic heterocycles. The predicted octanol–water partition coefficient (Wildman–Crippen LogP) is 3.47. The highest BCUT2D eigenvalue weighted by Gasteiger charge is 2.16. The summed E-state index contributed by atoms with van der Waals surface area (Å²) in [6.45, 7) is 8.53. The summed E-state index contributed by atoms with van der Waals surface area (Å²) >= 11 is 0. The topological polar surface area (TPSA) is 73.0 Å². The lowest BCUT2D eigenvalue weighted by Crippen LogP contribution is -2.33. The van der Waals surface area contributed by atoms with Crippen molar-refractivity contribution in [3.8, 4) is 5.69 Å². The van der Waals surface area contributed by atoms with Crippen LogP contribution in [-0.2, 0) is 17.9 Å². The van der Waals surface area contributed by atoms with Crippen LogP contribution in [0, 0.1) is 27.7 Å². The molecule has 0 aliphatic carbocycles. The minimum Gasteiger partial charge on any atom is -0.340 e. The number of aryl methyl sites for hydroxylation is 4. The van der Waals surface area contributed by atoms with Gasteiger partial charge in [-0.1, -0.05) is 29.8 Å². The molecular weight excluding hydrogens is 402 g/mol. The molecule has 0 fully saturated rings. The van der Waals surface area contributed by atoms with Crippen molar-refractivity contribution in [3.05, 3.63) is 87.1 Å². The van der Waals surface area contributed by atoms with Gasteiger partial charge in [-0.25, -0.2) is 9.67 Å². The quantitative estimate of drug-likeness (QED) is 0.487. The zero-order chi connectivity index (χ0) is 23.0. The number of nitrogens with zero attached hydrogens (tertiary/aromatic N) is 5. The Morgan fingerprint density at radius 1 is 1.00 bits per heavy atom. The van der Waals surface area contributed by atoms with Gasteiger partial charge >= 0.3 is 0 Å². The van der Waals surface area contributed by atoms with Gasteiger partial charge in [-0.2, -0.15) is 5.10 Å². The van der Waals surface area contributed by atoms with Crippen LogP contribution in [0.3, 0.4) is 0 Å². The number of carbonyl (C=O) groups excluding carboxylic acids is 1. The largest absolute Gasteiger partial charge is 0.340 e. The van der Waals surface area contributed by atoms with Crippen LogP contribution in [0.1, 0.15) is 27.8 Å². The number of rotatable bonds is 5. The Labute approximate surface area is 186 Å². The highest BCUT2D eigenvalue weighted by Crippen LogP contribution is 2.17. The van der Waals surface area contributed by atoms with Gasteiger partial charge in [-0.05, 0) is 62.1 Å². The molecule has 0 saturated heterocycles. The summed E-state index contributed by atoms with van der Waals surface area (Å²) in [7, 11) is 1.75. The highest BCUT2D eigenvalue weighted by molar-refractivity contribution is 5.78. The maximum atomic E-state index is 13.0. The van der Waals surface area contributed by atoms with E-state index in [1.165, 1.54) is 22.7 Å². The van der Waals surface area contributed by atoms with Crippen molar-refractivity contribution in [2.45, 2.75) is 40.8 Å². The molecule has 0 aliphatic rings. The fraction of sp³-hybridized carbons (Fsp3) is 0.280. The molecule has 0 bridgehead atoms. The first kappa shape index (κ1) is 21.5. The second-order valence-electron chi connectivity index (χ2n) is 8.50. The molecule has 164 valence electrons. The Morgan fingerprint density at radius 2 is 1.72 bits per heavy atom. The van der Waals surface area contributed by atoms with E-state index in [0.29, 0.717) is 17.6 Å². The number of fused-ring (bicyclic) bond motifs is 1. The van der Waals surface area contributed by atoms with E-state index < -0.39 is 0 Å². The number of hydrogen-bond acceptors (Lipinski definition) is 4. The van der Waals surface area contributed by atoms with Crippen LogP contribution in [0.4, 0.5) is 0 Å². The SMILES string of the molecule is Cc1cc(C)cc(-n2ncc3c(=O)n(CC(=O)N(C)Cc4ccc(C)cc4C)cnc32)c1. The van der Waals surface area contributed by atoms with E-state index in [-0.39, 0.29) is 18.0 Å². The molecule has 1 amide bonds. The highest BCUT2D eigenvalue weighted by atomic mass is 16.2. The molecule has 7 heteroatoms. The third-order valence-corrected chi connectivity index (χ3v) is 5.64. The minimum atomic E-state index is -0.279. The van der Waals surface area contributed by atoms with E-state index in [1.807, 2.05) is 52.0 Å². The zero-order valence-electron chi connectivity index (χ0n) is 19.1. The molecule has 2 heterocycles. The van der Waals surface area contributed by atoms with Crippen molar-refractivity contribution in [1.29, 1.82) is 0 Å².